The lowest BCUT2D eigenvalue weighted by molar-refractivity contribution is -0.151. The van der Waals surface area contributed by atoms with Gasteiger partial charge >= 0.3 is 5.97 Å². The van der Waals surface area contributed by atoms with Gasteiger partial charge in [-0.3, -0.25) is 4.79 Å². The predicted molar refractivity (Wildman–Crippen MR) is 66.9 cm³/mol. The first kappa shape index (κ1) is 12.3. The molecule has 2 nitrogen and oxygen atoms in total. The molecule has 1 rings (SSSR count). The fourth-order valence-corrected chi connectivity index (χ4v) is 2.68. The predicted octanol–water partition coefficient (Wildman–Crippen LogP) is 2.85. The summed E-state index contributed by atoms with van der Waals surface area (Å²) in [6, 6.07) is 0. The maximum Gasteiger partial charge on any atom is 0.319 e. The second-order valence-corrected chi connectivity index (χ2v) is 6.56. The van der Waals surface area contributed by atoms with Crippen molar-refractivity contribution in [1.29, 1.82) is 0 Å². The van der Waals surface area contributed by atoms with Gasteiger partial charge in [-0.1, -0.05) is 24.0 Å². The smallest absolute Gasteiger partial charge is 0.319 e. The molecule has 14 heavy (non-hydrogen) atoms. The van der Waals surface area contributed by atoms with E-state index >= 15 is 0 Å². The van der Waals surface area contributed by atoms with Gasteiger partial charge in [0.05, 0.1) is 0 Å². The van der Waals surface area contributed by atoms with E-state index in [2.05, 4.69) is 0 Å². The number of esters is 1. The number of hydrogen-bond acceptors (Lipinski definition) is 5. The molecule has 1 aliphatic rings. The zero-order chi connectivity index (χ0) is 10.6. The van der Waals surface area contributed by atoms with Crippen LogP contribution in [0.5, 0.6) is 0 Å². The number of hydrogen-bond donors (Lipinski definition) is 0. The molecule has 5 heteroatoms. The summed E-state index contributed by atoms with van der Waals surface area (Å²) in [7, 11) is 0. The Morgan fingerprint density at radius 3 is 2.64 bits per heavy atom. The normalized spacial score (nSPS) is 18.4. The van der Waals surface area contributed by atoms with E-state index < -0.39 is 0 Å². The van der Waals surface area contributed by atoms with Crippen molar-refractivity contribution in [3.63, 3.8) is 0 Å². The quantitative estimate of drug-likeness (QED) is 0.567. The maximum absolute atomic E-state index is 11.5. The lowest BCUT2D eigenvalue weighted by atomic mass is 9.96. The molecule has 0 aromatic heterocycles. The Hall–Kier alpha value is 0.260. The summed E-state index contributed by atoms with van der Waals surface area (Å²) in [5, 5.41) is -0.171. The largest absolute Gasteiger partial charge is 0.462 e. The van der Waals surface area contributed by atoms with Crippen molar-refractivity contribution < 1.29 is 9.53 Å². The number of rotatable bonds is 3. The molecule has 1 fully saturated rings. The highest BCUT2D eigenvalue weighted by Gasteiger charge is 2.25. The molecule has 1 atom stereocenters. The van der Waals surface area contributed by atoms with Crippen molar-refractivity contribution in [3.05, 3.63) is 0 Å². The molecular formula is C9H14O2S3. The molecule has 0 radical (unpaired) electrons. The second kappa shape index (κ2) is 5.98. The Morgan fingerprint density at radius 2 is 2.21 bits per heavy atom. The lowest BCUT2D eigenvalue weighted by Gasteiger charge is -2.26. The molecule has 1 saturated carbocycles. The number of carbonyl (C=O) groups is 1. The zero-order valence-corrected chi connectivity index (χ0v) is 10.8. The molecule has 0 aliphatic heterocycles. The van der Waals surface area contributed by atoms with Gasteiger partial charge in [0.1, 0.15) is 14.9 Å². The van der Waals surface area contributed by atoms with Gasteiger partial charge in [0.2, 0.25) is 0 Å². The van der Waals surface area contributed by atoms with E-state index in [1.165, 1.54) is 29.9 Å². The molecule has 1 unspecified atom stereocenters. The first-order chi connectivity index (χ1) is 6.63. The van der Waals surface area contributed by atoms with Crippen LogP contribution in [0.1, 0.15) is 26.2 Å². The van der Waals surface area contributed by atoms with Gasteiger partial charge in [0.25, 0.3) is 0 Å². The van der Waals surface area contributed by atoms with E-state index in [9.17, 15) is 4.79 Å². The van der Waals surface area contributed by atoms with Gasteiger partial charge in [-0.25, -0.2) is 0 Å². The van der Waals surface area contributed by atoms with E-state index in [1.54, 1.807) is 0 Å². The molecular weight excluding hydrogens is 236 g/mol. The highest BCUT2D eigenvalue weighted by molar-refractivity contribution is 8.47. The van der Waals surface area contributed by atoms with E-state index in [0.29, 0.717) is 0 Å². The van der Waals surface area contributed by atoms with Crippen LogP contribution in [0.4, 0.5) is 0 Å². The fraction of sp³-hybridized carbons (Fsp3) is 0.778. The van der Waals surface area contributed by atoms with Gasteiger partial charge < -0.3 is 4.74 Å². The number of thioether (sulfide) groups is 2. The molecule has 0 heterocycles. The first-order valence-corrected chi connectivity index (χ1v) is 7.10. The van der Waals surface area contributed by atoms with Crippen LogP contribution >= 0.6 is 35.7 Å². The van der Waals surface area contributed by atoms with Gasteiger partial charge in [0.15, 0.2) is 0 Å². The third kappa shape index (κ3) is 3.79. The van der Waals surface area contributed by atoms with Crippen molar-refractivity contribution in [2.75, 3.05) is 6.26 Å². The third-order valence-corrected chi connectivity index (χ3v) is 4.76. The molecule has 0 saturated heterocycles. The lowest BCUT2D eigenvalue weighted by Crippen LogP contribution is -2.29. The van der Waals surface area contributed by atoms with Crippen molar-refractivity contribution in [1.82, 2.24) is 0 Å². The minimum atomic E-state index is -0.171. The minimum Gasteiger partial charge on any atom is -0.462 e. The fourth-order valence-electron chi connectivity index (χ4n) is 0.989. The standard InChI is InChI=1S/C9H14O2S3/c1-6(14-9(12)13-2)8(10)11-7-4-3-5-7/h6-7H,3-5H2,1-2H3. The molecule has 1 aliphatic carbocycles. The molecule has 80 valence electrons. The monoisotopic (exact) mass is 250 g/mol. The van der Waals surface area contributed by atoms with Crippen LogP contribution in [-0.4, -0.2) is 27.1 Å². The summed E-state index contributed by atoms with van der Waals surface area (Å²) < 4.78 is 6.06. The Bertz CT molecular complexity index is 226. The van der Waals surface area contributed by atoms with Crippen LogP contribution in [0.25, 0.3) is 0 Å². The van der Waals surface area contributed by atoms with E-state index in [1.807, 2.05) is 13.2 Å². The molecule has 0 aromatic carbocycles. The van der Waals surface area contributed by atoms with E-state index in [-0.39, 0.29) is 17.3 Å². The molecule has 0 spiro atoms. The van der Waals surface area contributed by atoms with Crippen LogP contribution in [0, 0.1) is 0 Å². The van der Waals surface area contributed by atoms with Crippen LogP contribution in [-0.2, 0) is 9.53 Å². The maximum atomic E-state index is 11.5. The second-order valence-electron chi connectivity index (χ2n) is 3.20. The van der Waals surface area contributed by atoms with Crippen molar-refractivity contribution in [2.45, 2.75) is 37.5 Å². The van der Waals surface area contributed by atoms with Crippen molar-refractivity contribution in [3.8, 4) is 0 Å². The summed E-state index contributed by atoms with van der Waals surface area (Å²) in [6.45, 7) is 1.84. The van der Waals surface area contributed by atoms with Crippen molar-refractivity contribution >= 4 is 45.2 Å². The average molecular weight is 250 g/mol. The Kier molecular flexibility index (Phi) is 5.26. The first-order valence-electron chi connectivity index (χ1n) is 4.58. The summed E-state index contributed by atoms with van der Waals surface area (Å²) in [4.78, 5) is 11.5. The minimum absolute atomic E-state index is 0.129. The van der Waals surface area contributed by atoms with Gasteiger partial charge in [0, 0.05) is 0 Å². The number of ether oxygens (including phenoxy) is 1. The van der Waals surface area contributed by atoms with Crippen LogP contribution in [0.3, 0.4) is 0 Å². The highest BCUT2D eigenvalue weighted by atomic mass is 32.2. The van der Waals surface area contributed by atoms with Crippen LogP contribution < -0.4 is 0 Å². The Labute approximate surface area is 98.5 Å². The summed E-state index contributed by atoms with van der Waals surface area (Å²) in [5.74, 6) is -0.129. The molecule has 0 bridgehead atoms. The third-order valence-electron chi connectivity index (χ3n) is 2.11. The highest BCUT2D eigenvalue weighted by Crippen LogP contribution is 2.25. The average Bonchev–Trinajstić information content (AvgIpc) is 2.10. The topological polar surface area (TPSA) is 26.3 Å². The molecule has 0 amide bonds. The number of carbonyl (C=O) groups excluding carboxylic acids is 1. The van der Waals surface area contributed by atoms with Gasteiger partial charge in [-0.15, -0.1) is 11.8 Å². The van der Waals surface area contributed by atoms with Gasteiger partial charge in [-0.05, 0) is 32.4 Å². The van der Waals surface area contributed by atoms with Gasteiger partial charge in [-0.2, -0.15) is 0 Å². The SMILES string of the molecule is CSC(=S)SC(C)C(=O)OC1CCC1. The Morgan fingerprint density at radius 1 is 1.57 bits per heavy atom. The summed E-state index contributed by atoms with van der Waals surface area (Å²) in [6.07, 6.45) is 5.32. The summed E-state index contributed by atoms with van der Waals surface area (Å²) in [5.41, 5.74) is 0. The molecule has 0 N–H and O–H groups in total. The van der Waals surface area contributed by atoms with Crippen molar-refractivity contribution in [2.24, 2.45) is 0 Å². The molecule has 0 aromatic rings. The Balaban J connectivity index is 2.24. The van der Waals surface area contributed by atoms with Crippen LogP contribution in [0.15, 0.2) is 0 Å². The van der Waals surface area contributed by atoms with E-state index in [4.69, 9.17) is 17.0 Å². The zero-order valence-electron chi connectivity index (χ0n) is 8.32. The summed E-state index contributed by atoms with van der Waals surface area (Å²) >= 11 is 7.92. The van der Waals surface area contributed by atoms with Crippen LogP contribution in [0.2, 0.25) is 0 Å². The number of thiocarbonyl (C=S) groups is 1. The van der Waals surface area contributed by atoms with E-state index in [0.717, 1.165) is 16.4 Å².